The fraction of sp³-hybridized carbons (Fsp3) is 0.125. The number of benzene rings is 1. The molecule has 0 radical (unpaired) electrons. The van der Waals surface area contributed by atoms with E-state index in [-0.39, 0.29) is 5.78 Å². The van der Waals surface area contributed by atoms with Gasteiger partial charge in [0.1, 0.15) is 0 Å². The zero-order chi connectivity index (χ0) is 9.68. The van der Waals surface area contributed by atoms with Gasteiger partial charge >= 0.3 is 0 Å². The number of azide groups is 1. The largest absolute Gasteiger partial charge is 0.293 e. The van der Waals surface area contributed by atoms with Gasteiger partial charge in [-0.15, -0.1) is 0 Å². The van der Waals surface area contributed by atoms with Gasteiger partial charge in [-0.2, -0.15) is 0 Å². The van der Waals surface area contributed by atoms with Crippen molar-refractivity contribution in [2.24, 2.45) is 5.11 Å². The molecule has 1 aromatic rings. The average Bonchev–Trinajstić information content (AvgIpc) is 2.18. The molecule has 0 aromatic heterocycles. The highest BCUT2D eigenvalue weighted by Gasteiger charge is 2.01. The number of alkyl halides is 1. The first-order valence-electron chi connectivity index (χ1n) is 3.52. The predicted octanol–water partition coefficient (Wildman–Crippen LogP) is 3.21. The van der Waals surface area contributed by atoms with Crippen LogP contribution in [0.3, 0.4) is 0 Å². The lowest BCUT2D eigenvalue weighted by atomic mass is 10.1. The van der Waals surface area contributed by atoms with Crippen molar-refractivity contribution in [2.45, 2.75) is 0 Å². The summed E-state index contributed by atoms with van der Waals surface area (Å²) in [6, 6.07) is 6.48. The molecule has 13 heavy (non-hydrogen) atoms. The Labute approximate surface area is 83.3 Å². The molecule has 0 bridgehead atoms. The molecule has 0 atom stereocenters. The van der Waals surface area contributed by atoms with Gasteiger partial charge in [0.25, 0.3) is 0 Å². The monoisotopic (exact) mass is 239 g/mol. The topological polar surface area (TPSA) is 65.8 Å². The average molecular weight is 240 g/mol. The molecule has 5 heteroatoms. The molecule has 0 N–H and O–H groups in total. The Morgan fingerprint density at radius 3 is 2.54 bits per heavy atom. The molecular weight excluding hydrogens is 234 g/mol. The maximum atomic E-state index is 11.1. The van der Waals surface area contributed by atoms with Crippen molar-refractivity contribution in [3.63, 3.8) is 0 Å². The Morgan fingerprint density at radius 1 is 1.46 bits per heavy atom. The van der Waals surface area contributed by atoms with Crippen molar-refractivity contribution < 1.29 is 4.79 Å². The Morgan fingerprint density at radius 2 is 2.08 bits per heavy atom. The lowest BCUT2D eigenvalue weighted by molar-refractivity contribution is 0.102. The van der Waals surface area contributed by atoms with Crippen LogP contribution >= 0.6 is 15.9 Å². The van der Waals surface area contributed by atoms with Gasteiger partial charge in [0.2, 0.25) is 0 Å². The molecule has 0 aliphatic heterocycles. The Hall–Kier alpha value is -1.32. The zero-order valence-electron chi connectivity index (χ0n) is 6.64. The van der Waals surface area contributed by atoms with Gasteiger partial charge in [0, 0.05) is 16.2 Å². The second-order valence-electron chi connectivity index (χ2n) is 2.29. The lowest BCUT2D eigenvalue weighted by Crippen LogP contribution is -1.98. The molecule has 66 valence electrons. The highest BCUT2D eigenvalue weighted by molar-refractivity contribution is 9.09. The lowest BCUT2D eigenvalue weighted by Gasteiger charge is -1.96. The van der Waals surface area contributed by atoms with Gasteiger partial charge in [-0.05, 0) is 5.53 Å². The number of hydrogen-bond acceptors (Lipinski definition) is 2. The van der Waals surface area contributed by atoms with Gasteiger partial charge in [-0.3, -0.25) is 4.79 Å². The van der Waals surface area contributed by atoms with Crippen LogP contribution in [0.4, 0.5) is 5.69 Å². The van der Waals surface area contributed by atoms with Crippen LogP contribution < -0.4 is 0 Å². The number of Topliss-reactive ketones (excluding diaryl/α,β-unsaturated/α-hetero) is 1. The molecule has 0 spiro atoms. The van der Waals surface area contributed by atoms with Gasteiger partial charge in [0.15, 0.2) is 5.78 Å². The summed E-state index contributed by atoms with van der Waals surface area (Å²) in [5.74, 6) is 0.00693. The minimum Gasteiger partial charge on any atom is -0.293 e. The summed E-state index contributed by atoms with van der Waals surface area (Å²) in [7, 11) is 0. The Kier molecular flexibility index (Phi) is 3.49. The van der Waals surface area contributed by atoms with Crippen LogP contribution in [0.1, 0.15) is 10.4 Å². The van der Waals surface area contributed by atoms with E-state index in [1.165, 1.54) is 0 Å². The van der Waals surface area contributed by atoms with E-state index in [0.29, 0.717) is 16.6 Å². The van der Waals surface area contributed by atoms with Gasteiger partial charge in [-0.1, -0.05) is 45.3 Å². The van der Waals surface area contributed by atoms with Crippen LogP contribution in [0.5, 0.6) is 0 Å². The minimum atomic E-state index is 0.00693. The molecule has 0 unspecified atom stereocenters. The van der Waals surface area contributed by atoms with Gasteiger partial charge < -0.3 is 0 Å². The van der Waals surface area contributed by atoms with Crippen molar-refractivity contribution >= 4 is 27.4 Å². The second kappa shape index (κ2) is 4.64. The fourth-order valence-electron chi connectivity index (χ4n) is 0.843. The summed E-state index contributed by atoms with van der Waals surface area (Å²) >= 11 is 3.07. The summed E-state index contributed by atoms with van der Waals surface area (Å²) < 4.78 is 0. The van der Waals surface area contributed by atoms with Gasteiger partial charge in [0.05, 0.1) is 5.33 Å². The van der Waals surface area contributed by atoms with Crippen molar-refractivity contribution in [3.8, 4) is 0 Å². The smallest absolute Gasteiger partial charge is 0.173 e. The molecule has 0 aliphatic rings. The molecule has 1 aromatic carbocycles. The van der Waals surface area contributed by atoms with Crippen LogP contribution in [0.15, 0.2) is 29.4 Å². The molecule has 0 fully saturated rings. The van der Waals surface area contributed by atoms with Crippen molar-refractivity contribution in [2.75, 3.05) is 5.33 Å². The van der Waals surface area contributed by atoms with E-state index in [1.54, 1.807) is 24.3 Å². The van der Waals surface area contributed by atoms with Crippen LogP contribution in [-0.4, -0.2) is 11.1 Å². The van der Waals surface area contributed by atoms with E-state index in [9.17, 15) is 4.79 Å². The first-order chi connectivity index (χ1) is 6.27. The predicted molar refractivity (Wildman–Crippen MR) is 53.4 cm³/mol. The SMILES string of the molecule is [N-]=[N+]=Nc1ccc(C(=O)CBr)cc1. The molecule has 0 amide bonds. The van der Waals surface area contributed by atoms with E-state index in [1.807, 2.05) is 0 Å². The molecule has 0 saturated heterocycles. The van der Waals surface area contributed by atoms with Crippen LogP contribution in [-0.2, 0) is 0 Å². The van der Waals surface area contributed by atoms with E-state index in [4.69, 9.17) is 5.53 Å². The first-order valence-corrected chi connectivity index (χ1v) is 4.64. The first kappa shape index (κ1) is 9.77. The van der Waals surface area contributed by atoms with E-state index >= 15 is 0 Å². The molecule has 0 saturated carbocycles. The maximum Gasteiger partial charge on any atom is 0.173 e. The summed E-state index contributed by atoms with van der Waals surface area (Å²) in [5, 5.41) is 3.69. The number of rotatable bonds is 3. The van der Waals surface area contributed by atoms with E-state index in [2.05, 4.69) is 26.0 Å². The zero-order valence-corrected chi connectivity index (χ0v) is 8.23. The number of ketones is 1. The van der Waals surface area contributed by atoms with E-state index < -0.39 is 0 Å². The molecule has 1 rings (SSSR count). The molecular formula is C8H6BrN3O. The molecule has 4 nitrogen and oxygen atoms in total. The van der Waals surface area contributed by atoms with Crippen LogP contribution in [0.2, 0.25) is 0 Å². The highest BCUT2D eigenvalue weighted by atomic mass is 79.9. The Balaban J connectivity index is 2.93. The summed E-state index contributed by atoms with van der Waals surface area (Å²) in [4.78, 5) is 13.8. The third-order valence-corrected chi connectivity index (χ3v) is 1.98. The Bertz CT molecular complexity index is 354. The van der Waals surface area contributed by atoms with Gasteiger partial charge in [-0.25, -0.2) is 0 Å². The summed E-state index contributed by atoms with van der Waals surface area (Å²) in [6.07, 6.45) is 0. The van der Waals surface area contributed by atoms with Crippen LogP contribution in [0, 0.1) is 0 Å². The summed E-state index contributed by atoms with van der Waals surface area (Å²) in [5.41, 5.74) is 9.24. The molecule has 0 heterocycles. The number of halogens is 1. The van der Waals surface area contributed by atoms with Crippen molar-refractivity contribution in [3.05, 3.63) is 40.3 Å². The third-order valence-electron chi connectivity index (χ3n) is 1.47. The number of carbonyl (C=O) groups excluding carboxylic acids is 1. The highest BCUT2D eigenvalue weighted by Crippen LogP contribution is 2.13. The second-order valence-corrected chi connectivity index (χ2v) is 2.85. The number of nitrogens with zero attached hydrogens (tertiary/aromatic N) is 3. The standard InChI is InChI=1S/C8H6BrN3O/c9-5-8(13)6-1-3-7(4-2-6)11-12-10/h1-4H,5H2. The quantitative estimate of drug-likeness (QED) is 0.263. The normalized spacial score (nSPS) is 9.00. The fourth-order valence-corrected chi connectivity index (χ4v) is 1.17. The maximum absolute atomic E-state index is 11.1. The third kappa shape index (κ3) is 2.57. The van der Waals surface area contributed by atoms with Crippen LogP contribution in [0.25, 0.3) is 10.4 Å². The van der Waals surface area contributed by atoms with Crippen molar-refractivity contribution in [1.29, 1.82) is 0 Å². The number of carbonyl (C=O) groups is 1. The minimum absolute atomic E-state index is 0.00693. The summed E-state index contributed by atoms with van der Waals surface area (Å²) in [6.45, 7) is 0. The van der Waals surface area contributed by atoms with Crippen molar-refractivity contribution in [1.82, 2.24) is 0 Å². The number of hydrogen-bond donors (Lipinski definition) is 0. The van der Waals surface area contributed by atoms with E-state index in [0.717, 1.165) is 0 Å². The molecule has 0 aliphatic carbocycles.